The fraction of sp³-hybridized carbons (Fsp3) is 0.562. The highest BCUT2D eigenvalue weighted by atomic mass is 16.6. The van der Waals surface area contributed by atoms with Crippen LogP contribution in [0.2, 0.25) is 0 Å². The second-order valence-electron chi connectivity index (χ2n) is 12.3. The maximum Gasteiger partial charge on any atom is 0.622 e. The Hall–Kier alpha value is -3.80. The first-order valence-electron chi connectivity index (χ1n) is 15.5. The molecule has 1 unspecified atom stereocenters. The van der Waals surface area contributed by atoms with Crippen molar-refractivity contribution in [3.63, 3.8) is 0 Å². The van der Waals surface area contributed by atoms with E-state index in [4.69, 9.17) is 9.31 Å². The normalized spacial score (nSPS) is 16.2. The smallest absolute Gasteiger partial charge is 0.498 e. The number of hydrogen-bond donors (Lipinski definition) is 3. The highest BCUT2D eigenvalue weighted by Crippen LogP contribution is 2.35. The molecule has 1 saturated heterocycles. The van der Waals surface area contributed by atoms with E-state index in [0.717, 1.165) is 37.8 Å². The molecule has 0 radical (unpaired) electrons. The van der Waals surface area contributed by atoms with Gasteiger partial charge in [0.05, 0.1) is 12.1 Å². The van der Waals surface area contributed by atoms with E-state index in [1.54, 1.807) is 0 Å². The third kappa shape index (κ3) is 11.7. The molecule has 12 heteroatoms. The molecule has 3 N–H and O–H groups in total. The van der Waals surface area contributed by atoms with E-state index in [0.29, 0.717) is 12.8 Å². The van der Waals surface area contributed by atoms with E-state index in [9.17, 15) is 19.2 Å². The van der Waals surface area contributed by atoms with Crippen molar-refractivity contribution < 1.29 is 32.8 Å². The van der Waals surface area contributed by atoms with Crippen LogP contribution in [0, 0.1) is 11.3 Å². The summed E-state index contributed by atoms with van der Waals surface area (Å²) in [6.45, 7) is 6.80. The number of amides is 2. The quantitative estimate of drug-likeness (QED) is 0.187. The first-order valence-corrected chi connectivity index (χ1v) is 15.5. The second kappa shape index (κ2) is 17.5. The van der Waals surface area contributed by atoms with Crippen LogP contribution < -0.4 is 16.0 Å². The Morgan fingerprint density at radius 1 is 1.00 bits per heavy atom. The van der Waals surface area contributed by atoms with E-state index in [1.165, 1.54) is 18.6 Å². The van der Waals surface area contributed by atoms with Gasteiger partial charge in [-0.05, 0) is 49.8 Å². The fourth-order valence-electron chi connectivity index (χ4n) is 5.41. The van der Waals surface area contributed by atoms with Gasteiger partial charge in [0.15, 0.2) is 0 Å². The van der Waals surface area contributed by atoms with Crippen molar-refractivity contribution in [1.82, 2.24) is 25.9 Å². The summed E-state index contributed by atoms with van der Waals surface area (Å²) in [5, 5.41) is 8.81. The van der Waals surface area contributed by atoms with Crippen molar-refractivity contribution in [2.24, 2.45) is 11.3 Å². The average molecular weight is 614 g/mol. The van der Waals surface area contributed by atoms with Gasteiger partial charge in [-0.2, -0.15) is 0 Å². The summed E-state index contributed by atoms with van der Waals surface area (Å²) in [4.78, 5) is 60.8. The van der Waals surface area contributed by atoms with Crippen molar-refractivity contribution >= 4 is 30.9 Å². The molecule has 44 heavy (non-hydrogen) atoms. The molecular weight excluding hydrogens is 561 g/mol. The molecule has 2 heterocycles. The summed E-state index contributed by atoms with van der Waals surface area (Å²) in [5.74, 6) is -2.76. The molecule has 1 aliphatic heterocycles. The van der Waals surface area contributed by atoms with Crippen LogP contribution in [0.1, 0.15) is 92.5 Å². The van der Waals surface area contributed by atoms with Gasteiger partial charge >= 0.3 is 7.12 Å². The van der Waals surface area contributed by atoms with Crippen molar-refractivity contribution in [1.29, 1.82) is 0 Å². The van der Waals surface area contributed by atoms with Crippen LogP contribution in [0.5, 0.6) is 0 Å². The van der Waals surface area contributed by atoms with Crippen molar-refractivity contribution in [2.45, 2.75) is 90.5 Å². The van der Waals surface area contributed by atoms with Gasteiger partial charge in [-0.15, -0.1) is 0 Å². The van der Waals surface area contributed by atoms with Crippen LogP contribution in [0.3, 0.4) is 0 Å². The topological polar surface area (TPSA) is 149 Å². The Bertz CT molecular complexity index is 1210. The molecule has 3 rings (SSSR count). The van der Waals surface area contributed by atoms with Crippen LogP contribution in [0.15, 0.2) is 48.9 Å². The highest BCUT2D eigenvalue weighted by molar-refractivity contribution is 6.51. The average Bonchev–Trinajstić information content (AvgIpc) is 2.97. The molecule has 2 amide bonds. The minimum absolute atomic E-state index is 0. The van der Waals surface area contributed by atoms with Crippen LogP contribution in [-0.4, -0.2) is 66.4 Å². The molecule has 2 aromatic rings. The second-order valence-corrected chi connectivity index (χ2v) is 12.3. The summed E-state index contributed by atoms with van der Waals surface area (Å²) in [6, 6.07) is 8.29. The minimum Gasteiger partial charge on any atom is -0.498 e. The summed E-state index contributed by atoms with van der Waals surface area (Å²) < 4.78 is 11.4. The number of aromatic nitrogens is 2. The Morgan fingerprint density at radius 3 is 2.30 bits per heavy atom. The zero-order chi connectivity index (χ0) is 32.0. The lowest BCUT2D eigenvalue weighted by Crippen LogP contribution is -2.57. The first kappa shape index (κ1) is 34.7. The highest BCUT2D eigenvalue weighted by Gasteiger charge is 2.44. The summed E-state index contributed by atoms with van der Waals surface area (Å²) >= 11 is 0. The SMILES string of the molecule is CNCCCCCCC1(C)CC(=O)OB(C(CC(C)C)NC(=O)[C@H](Cc2ccccc2)NC(=O)c2cnccn2)OC(=O)C1.[HH].[HH].[HH]. The minimum atomic E-state index is -1.29. The monoisotopic (exact) mass is 613 g/mol. The van der Waals surface area contributed by atoms with E-state index in [-0.39, 0.29) is 35.2 Å². The number of nitrogens with zero attached hydrogens (tertiary/aromatic N) is 2. The van der Waals surface area contributed by atoms with Crippen molar-refractivity contribution in [3.8, 4) is 0 Å². The lowest BCUT2D eigenvalue weighted by atomic mass is 9.71. The van der Waals surface area contributed by atoms with Crippen LogP contribution in [0.25, 0.3) is 0 Å². The van der Waals surface area contributed by atoms with Gasteiger partial charge in [-0.25, -0.2) is 4.98 Å². The predicted molar refractivity (Wildman–Crippen MR) is 173 cm³/mol. The molecule has 1 aromatic heterocycles. The number of carbonyl (C=O) groups excluding carboxylic acids is 4. The van der Waals surface area contributed by atoms with Crippen LogP contribution >= 0.6 is 0 Å². The fourth-order valence-corrected chi connectivity index (χ4v) is 5.41. The third-order valence-corrected chi connectivity index (χ3v) is 7.68. The number of unbranched alkanes of at least 4 members (excludes halogenated alkanes) is 3. The predicted octanol–water partition coefficient (Wildman–Crippen LogP) is 4.17. The van der Waals surface area contributed by atoms with Crippen molar-refractivity contribution in [2.75, 3.05) is 13.6 Å². The lowest BCUT2D eigenvalue weighted by Gasteiger charge is -2.33. The molecule has 0 aliphatic carbocycles. The Labute approximate surface area is 265 Å². The Morgan fingerprint density at radius 2 is 1.68 bits per heavy atom. The summed E-state index contributed by atoms with van der Waals surface area (Å²) in [5.41, 5.74) is 0.336. The molecule has 11 nitrogen and oxygen atoms in total. The van der Waals surface area contributed by atoms with Crippen molar-refractivity contribution in [3.05, 3.63) is 60.2 Å². The standard InChI is InChI=1S/C32H46BN5O6.3H2/c1-23(2)18-27(33-43-28(39)20-32(3,21-29(40)44-33)14-10-5-6-11-15-34-4)38-30(41)25(19-24-12-8-7-9-13-24)37-31(42)26-22-35-16-17-36-26;;;/h7-9,12-13,16-17,22-23,25,27,34H,5-6,10-11,14-15,18-21H2,1-4H3,(H,37,42)(H,38,41);3*1H/t25-,27?;;;/m0.../s1. The van der Waals surface area contributed by atoms with Crippen LogP contribution in [0.4, 0.5) is 0 Å². The molecular formula is C32H52BN5O6. The van der Waals surface area contributed by atoms with E-state index in [2.05, 4.69) is 25.9 Å². The summed E-state index contributed by atoms with van der Waals surface area (Å²) in [6.07, 6.45) is 9.70. The zero-order valence-corrected chi connectivity index (χ0v) is 26.3. The first-order chi connectivity index (χ1) is 21.1. The Balaban J connectivity index is 0.00000705. The maximum atomic E-state index is 13.7. The van der Waals surface area contributed by atoms with E-state index >= 15 is 0 Å². The largest absolute Gasteiger partial charge is 0.622 e. The number of benzene rings is 1. The van der Waals surface area contributed by atoms with Gasteiger partial charge in [0.2, 0.25) is 5.91 Å². The van der Waals surface area contributed by atoms with Gasteiger partial charge < -0.3 is 25.3 Å². The van der Waals surface area contributed by atoms with Gasteiger partial charge in [0, 0.05) is 35.9 Å². The van der Waals surface area contributed by atoms with Gasteiger partial charge in [0.25, 0.3) is 17.8 Å². The maximum absolute atomic E-state index is 13.7. The number of rotatable bonds is 16. The lowest BCUT2D eigenvalue weighted by molar-refractivity contribution is -0.149. The van der Waals surface area contributed by atoms with Gasteiger partial charge in [-0.1, -0.05) is 70.4 Å². The van der Waals surface area contributed by atoms with Gasteiger partial charge in [0.1, 0.15) is 11.7 Å². The molecule has 244 valence electrons. The molecule has 1 aromatic carbocycles. The molecule has 1 aliphatic rings. The molecule has 2 atom stereocenters. The Kier molecular flexibility index (Phi) is 13.8. The van der Waals surface area contributed by atoms with Crippen LogP contribution in [-0.2, 0) is 30.1 Å². The molecule has 0 saturated carbocycles. The molecule has 0 bridgehead atoms. The van der Waals surface area contributed by atoms with E-state index in [1.807, 2.05) is 58.2 Å². The zero-order valence-electron chi connectivity index (χ0n) is 26.3. The van der Waals surface area contributed by atoms with E-state index < -0.39 is 48.3 Å². The number of hydrogen-bond acceptors (Lipinski definition) is 9. The number of nitrogens with one attached hydrogen (secondary N) is 3. The third-order valence-electron chi connectivity index (χ3n) is 7.68. The molecule has 1 fully saturated rings. The molecule has 0 spiro atoms. The summed E-state index contributed by atoms with van der Waals surface area (Å²) in [7, 11) is 0.639. The number of carbonyl (C=O) groups is 4. The van der Waals surface area contributed by atoms with Gasteiger partial charge in [-0.3, -0.25) is 24.2 Å².